The number of aliphatic hydroxyl groups excluding tert-OH is 1. The van der Waals surface area contributed by atoms with Gasteiger partial charge in [0.2, 0.25) is 5.95 Å². The summed E-state index contributed by atoms with van der Waals surface area (Å²) in [4.78, 5) is 9.04. The minimum Gasteiger partial charge on any atom is -0.491 e. The molecule has 5 rings (SSSR count). The molecule has 8 nitrogen and oxygen atoms in total. The topological polar surface area (TPSA) is 98.0 Å². The molecule has 8 heteroatoms. The quantitative estimate of drug-likeness (QED) is 0.264. The first kappa shape index (κ1) is 23.7. The second-order valence-corrected chi connectivity index (χ2v) is 9.37. The fraction of sp³-hybridized carbons (Fsp3) is 0.286. The lowest BCUT2D eigenvalue weighted by atomic mass is 10.0. The van der Waals surface area contributed by atoms with E-state index >= 15 is 0 Å². The molecule has 2 aromatic heterocycles. The molecule has 0 saturated heterocycles. The van der Waals surface area contributed by atoms with E-state index in [1.54, 1.807) is 10.9 Å². The highest BCUT2D eigenvalue weighted by molar-refractivity contribution is 5.85. The van der Waals surface area contributed by atoms with Gasteiger partial charge in [-0.3, -0.25) is 0 Å². The largest absolute Gasteiger partial charge is 0.491 e. The van der Waals surface area contributed by atoms with Gasteiger partial charge in [-0.05, 0) is 59.5 Å². The number of anilines is 2. The van der Waals surface area contributed by atoms with E-state index in [2.05, 4.69) is 63.7 Å². The van der Waals surface area contributed by atoms with Crippen molar-refractivity contribution in [3.8, 4) is 11.4 Å². The van der Waals surface area contributed by atoms with Gasteiger partial charge in [0.25, 0.3) is 0 Å². The molecule has 0 radical (unpaired) electrons. The molecule has 3 aromatic carbocycles. The summed E-state index contributed by atoms with van der Waals surface area (Å²) >= 11 is 0. The van der Waals surface area contributed by atoms with E-state index in [9.17, 15) is 5.11 Å². The average molecular weight is 483 g/mol. The number of fused-ring (bicyclic) bond motifs is 2. The predicted octanol–water partition coefficient (Wildman–Crippen LogP) is 5.67. The number of ether oxygens (including phenoxy) is 1. The van der Waals surface area contributed by atoms with Crippen LogP contribution in [0.4, 0.5) is 11.6 Å². The van der Waals surface area contributed by atoms with Gasteiger partial charge in [-0.1, -0.05) is 62.2 Å². The van der Waals surface area contributed by atoms with Gasteiger partial charge in [-0.25, -0.2) is 4.98 Å². The number of aromatic nitrogens is 5. The molecule has 0 fully saturated rings. The Morgan fingerprint density at radius 2 is 1.78 bits per heavy atom. The Hall–Kier alpha value is -4.04. The van der Waals surface area contributed by atoms with Gasteiger partial charge in [-0.15, -0.1) is 5.10 Å². The van der Waals surface area contributed by atoms with Crippen LogP contribution in [-0.2, 0) is 0 Å². The number of benzene rings is 3. The zero-order valence-electron chi connectivity index (χ0n) is 20.5. The van der Waals surface area contributed by atoms with Crippen molar-refractivity contribution in [3.05, 3.63) is 72.9 Å². The molecule has 0 spiro atoms. The number of nitrogens with zero attached hydrogens (tertiary/aromatic N) is 5. The summed E-state index contributed by atoms with van der Waals surface area (Å²) in [7, 11) is 0. The normalized spacial score (nSPS) is 12.3. The molecule has 1 atom stereocenters. The lowest BCUT2D eigenvalue weighted by Gasteiger charge is -2.13. The van der Waals surface area contributed by atoms with Crippen molar-refractivity contribution >= 4 is 33.6 Å². The monoisotopic (exact) mass is 482 g/mol. The summed E-state index contributed by atoms with van der Waals surface area (Å²) < 4.78 is 7.46. The summed E-state index contributed by atoms with van der Waals surface area (Å²) in [6.07, 6.45) is 4.08. The maximum atomic E-state index is 10.1. The van der Waals surface area contributed by atoms with Crippen LogP contribution in [0.15, 0.2) is 72.9 Å². The van der Waals surface area contributed by atoms with Gasteiger partial charge in [0, 0.05) is 5.69 Å². The summed E-state index contributed by atoms with van der Waals surface area (Å²) in [6.45, 7) is 4.67. The highest BCUT2D eigenvalue weighted by Gasteiger charge is 2.11. The molecule has 0 bridgehead atoms. The standard InChI is InChI=1S/C28H30N6O2/c1-19(2)6-5-9-24(35)18-36-25-14-11-22(12-15-25)30-28-29-17-26-27(31-28)34(33-32-26)23-13-10-20-7-3-4-8-21(20)16-23/h3-4,7-8,10-17,19,24,35H,5-6,9,18H2,1-2H3,(H,29,30,31). The Bertz CT molecular complexity index is 1450. The predicted molar refractivity (Wildman–Crippen MR) is 142 cm³/mol. The molecule has 2 N–H and O–H groups in total. The van der Waals surface area contributed by atoms with E-state index in [0.717, 1.165) is 41.4 Å². The maximum absolute atomic E-state index is 10.1. The lowest BCUT2D eigenvalue weighted by molar-refractivity contribution is 0.0968. The van der Waals surface area contributed by atoms with Crippen LogP contribution in [-0.4, -0.2) is 42.8 Å². The third-order valence-corrected chi connectivity index (χ3v) is 6.04. The number of hydrogen-bond acceptors (Lipinski definition) is 7. The Morgan fingerprint density at radius 1 is 0.972 bits per heavy atom. The number of hydrogen-bond donors (Lipinski definition) is 2. The number of rotatable bonds is 10. The number of nitrogens with one attached hydrogen (secondary N) is 1. The van der Waals surface area contributed by atoms with E-state index in [-0.39, 0.29) is 6.61 Å². The first-order valence-corrected chi connectivity index (χ1v) is 12.3. The van der Waals surface area contributed by atoms with Gasteiger partial charge in [0.15, 0.2) is 11.2 Å². The van der Waals surface area contributed by atoms with Gasteiger partial charge in [0.05, 0.1) is 18.0 Å². The first-order valence-electron chi connectivity index (χ1n) is 12.3. The molecule has 5 aromatic rings. The molecule has 2 heterocycles. The van der Waals surface area contributed by atoms with E-state index in [0.29, 0.717) is 28.8 Å². The summed E-state index contributed by atoms with van der Waals surface area (Å²) in [6, 6.07) is 21.8. The fourth-order valence-electron chi connectivity index (χ4n) is 4.07. The van der Waals surface area contributed by atoms with Crippen LogP contribution in [0, 0.1) is 5.92 Å². The van der Waals surface area contributed by atoms with Crippen molar-refractivity contribution in [1.82, 2.24) is 25.0 Å². The molecule has 0 aliphatic heterocycles. The third-order valence-electron chi connectivity index (χ3n) is 6.04. The number of aliphatic hydroxyl groups is 1. The molecule has 0 aliphatic rings. The highest BCUT2D eigenvalue weighted by Crippen LogP contribution is 2.23. The van der Waals surface area contributed by atoms with Crippen LogP contribution in [0.2, 0.25) is 0 Å². The van der Waals surface area contributed by atoms with Gasteiger partial charge in [0.1, 0.15) is 12.4 Å². The van der Waals surface area contributed by atoms with Crippen LogP contribution in [0.1, 0.15) is 33.1 Å². The SMILES string of the molecule is CC(C)CCCC(O)COc1ccc(Nc2ncc3nnn(-c4ccc5ccccc5c4)c3n2)cc1. The Morgan fingerprint density at radius 3 is 2.58 bits per heavy atom. The molecular formula is C28H30N6O2. The van der Waals surface area contributed by atoms with Crippen molar-refractivity contribution in [2.75, 3.05) is 11.9 Å². The van der Waals surface area contributed by atoms with Crippen molar-refractivity contribution in [3.63, 3.8) is 0 Å². The van der Waals surface area contributed by atoms with E-state index < -0.39 is 6.10 Å². The third kappa shape index (κ3) is 5.60. The zero-order valence-corrected chi connectivity index (χ0v) is 20.5. The van der Waals surface area contributed by atoms with Gasteiger partial charge >= 0.3 is 0 Å². The first-order chi connectivity index (χ1) is 17.5. The molecule has 184 valence electrons. The molecule has 1 unspecified atom stereocenters. The Kier molecular flexibility index (Phi) is 7.04. The minimum atomic E-state index is -0.456. The van der Waals surface area contributed by atoms with E-state index in [1.807, 2.05) is 42.5 Å². The van der Waals surface area contributed by atoms with Crippen LogP contribution in [0.25, 0.3) is 27.6 Å². The summed E-state index contributed by atoms with van der Waals surface area (Å²) in [5, 5.41) is 24.2. The highest BCUT2D eigenvalue weighted by atomic mass is 16.5. The van der Waals surface area contributed by atoms with Crippen molar-refractivity contribution in [1.29, 1.82) is 0 Å². The van der Waals surface area contributed by atoms with Crippen LogP contribution < -0.4 is 10.1 Å². The lowest BCUT2D eigenvalue weighted by Crippen LogP contribution is -2.17. The summed E-state index contributed by atoms with van der Waals surface area (Å²) in [5.41, 5.74) is 2.94. The van der Waals surface area contributed by atoms with Gasteiger partial charge in [-0.2, -0.15) is 9.67 Å². The average Bonchev–Trinajstić information content (AvgIpc) is 3.31. The van der Waals surface area contributed by atoms with Crippen LogP contribution >= 0.6 is 0 Å². The molecular weight excluding hydrogens is 452 g/mol. The van der Waals surface area contributed by atoms with Crippen LogP contribution in [0.3, 0.4) is 0 Å². The van der Waals surface area contributed by atoms with E-state index in [1.165, 1.54) is 0 Å². The van der Waals surface area contributed by atoms with Gasteiger partial charge < -0.3 is 15.2 Å². The molecule has 36 heavy (non-hydrogen) atoms. The molecule has 0 saturated carbocycles. The van der Waals surface area contributed by atoms with E-state index in [4.69, 9.17) is 4.74 Å². The molecule has 0 aliphatic carbocycles. The molecule has 0 amide bonds. The van der Waals surface area contributed by atoms with Crippen molar-refractivity contribution < 1.29 is 9.84 Å². The minimum absolute atomic E-state index is 0.288. The van der Waals surface area contributed by atoms with Crippen LogP contribution in [0.5, 0.6) is 5.75 Å². The second kappa shape index (κ2) is 10.7. The zero-order chi connectivity index (χ0) is 24.9. The van der Waals surface area contributed by atoms with Crippen molar-refractivity contribution in [2.45, 2.75) is 39.2 Å². The summed E-state index contributed by atoms with van der Waals surface area (Å²) in [5.74, 6) is 1.80. The van der Waals surface area contributed by atoms with Crippen molar-refractivity contribution in [2.24, 2.45) is 5.92 Å². The maximum Gasteiger partial charge on any atom is 0.229 e. The Balaban J connectivity index is 1.25. The second-order valence-electron chi connectivity index (χ2n) is 9.37. The Labute approximate surface area is 210 Å². The fourth-order valence-corrected chi connectivity index (χ4v) is 4.07. The smallest absolute Gasteiger partial charge is 0.229 e.